The third kappa shape index (κ3) is 7.32. The number of hydrogen-bond donors (Lipinski definition) is 2. The van der Waals surface area contributed by atoms with Gasteiger partial charge in [-0.05, 0) is 43.2 Å². The number of halogens is 3. The number of alkyl halides is 3. The van der Waals surface area contributed by atoms with E-state index in [9.17, 15) is 22.8 Å². The molecule has 0 fully saturated rings. The molecule has 2 amide bonds. The van der Waals surface area contributed by atoms with Crippen LogP contribution in [0.4, 0.5) is 19.0 Å². The summed E-state index contributed by atoms with van der Waals surface area (Å²) in [5.74, 6) is -0.0933. The van der Waals surface area contributed by atoms with Gasteiger partial charge >= 0.3 is 6.36 Å². The summed E-state index contributed by atoms with van der Waals surface area (Å²) in [4.78, 5) is 31.7. The number of anilines is 1. The number of carbonyl (C=O) groups excluding carboxylic acids is 2. The van der Waals surface area contributed by atoms with E-state index in [2.05, 4.69) is 25.3 Å². The summed E-state index contributed by atoms with van der Waals surface area (Å²) in [6.45, 7) is 3.79. The van der Waals surface area contributed by atoms with Gasteiger partial charge in [0.15, 0.2) is 0 Å². The van der Waals surface area contributed by atoms with Crippen molar-refractivity contribution in [3.05, 3.63) is 47.4 Å². The zero-order valence-corrected chi connectivity index (χ0v) is 16.5. The number of aromatic nitrogens is 2. The van der Waals surface area contributed by atoms with Crippen molar-refractivity contribution >= 4 is 17.6 Å². The van der Waals surface area contributed by atoms with Crippen LogP contribution in [0.1, 0.15) is 41.5 Å². The van der Waals surface area contributed by atoms with Gasteiger partial charge in [0.25, 0.3) is 5.91 Å². The summed E-state index contributed by atoms with van der Waals surface area (Å²) < 4.78 is 44.7. The highest BCUT2D eigenvalue weighted by molar-refractivity contribution is 5.93. The topological polar surface area (TPSA) is 102 Å². The molecule has 0 aliphatic heterocycles. The molecule has 0 aliphatic carbocycles. The monoisotopic (exact) mass is 426 g/mol. The highest BCUT2D eigenvalue weighted by Crippen LogP contribution is 2.20. The van der Waals surface area contributed by atoms with Crippen LogP contribution in [-0.2, 0) is 9.53 Å². The van der Waals surface area contributed by atoms with Crippen LogP contribution in [-0.4, -0.2) is 41.4 Å². The maximum absolute atomic E-state index is 12.5. The number of amides is 2. The van der Waals surface area contributed by atoms with Crippen LogP contribution in [0.2, 0.25) is 0 Å². The first-order valence-corrected chi connectivity index (χ1v) is 8.89. The summed E-state index contributed by atoms with van der Waals surface area (Å²) in [7, 11) is 0. The smallest absolute Gasteiger partial charge is 0.489 e. The molecule has 0 aromatic carbocycles. The second kappa shape index (κ2) is 10.0. The number of carbonyl (C=O) groups is 2. The van der Waals surface area contributed by atoms with Crippen LogP contribution in [0.25, 0.3) is 0 Å². The van der Waals surface area contributed by atoms with E-state index in [0.29, 0.717) is 11.4 Å². The number of nitrogens with one attached hydrogen (secondary N) is 2. The Kier molecular flexibility index (Phi) is 7.70. The van der Waals surface area contributed by atoms with Gasteiger partial charge in [-0.2, -0.15) is 0 Å². The van der Waals surface area contributed by atoms with Crippen LogP contribution in [0.5, 0.6) is 5.75 Å². The van der Waals surface area contributed by atoms with Crippen molar-refractivity contribution in [2.75, 3.05) is 18.5 Å². The molecule has 2 rings (SSSR count). The quantitative estimate of drug-likeness (QED) is 0.629. The molecule has 11 heteroatoms. The van der Waals surface area contributed by atoms with Gasteiger partial charge in [0, 0.05) is 13.1 Å². The van der Waals surface area contributed by atoms with Gasteiger partial charge in [0.1, 0.15) is 23.9 Å². The molecule has 0 spiro atoms. The van der Waals surface area contributed by atoms with E-state index < -0.39 is 24.9 Å². The number of rotatable bonds is 8. The molecule has 2 aromatic rings. The molecular weight excluding hydrogens is 405 g/mol. The second-order valence-electron chi connectivity index (χ2n) is 6.33. The molecule has 0 saturated carbocycles. The van der Waals surface area contributed by atoms with Crippen LogP contribution in [0.3, 0.4) is 0 Å². The Labute approximate surface area is 170 Å². The lowest BCUT2D eigenvalue weighted by Crippen LogP contribution is -2.27. The number of ether oxygens (including phenoxy) is 2. The second-order valence-corrected chi connectivity index (χ2v) is 6.33. The fourth-order valence-electron chi connectivity index (χ4n) is 2.45. The SMILES string of the molecule is CC(=O)Nc1cc(C(C)NC(=O)c2cc(C)c(OCCOC(F)(F)F)cn2)ccn1. The lowest BCUT2D eigenvalue weighted by Gasteiger charge is -2.16. The summed E-state index contributed by atoms with van der Waals surface area (Å²) in [6, 6.07) is 4.42. The number of hydrogen-bond acceptors (Lipinski definition) is 6. The lowest BCUT2D eigenvalue weighted by molar-refractivity contribution is -0.325. The fraction of sp³-hybridized carbons (Fsp3) is 0.368. The molecule has 0 bridgehead atoms. The highest BCUT2D eigenvalue weighted by Gasteiger charge is 2.28. The Bertz CT molecular complexity index is 906. The average molecular weight is 426 g/mol. The van der Waals surface area contributed by atoms with Gasteiger partial charge in [-0.25, -0.2) is 9.97 Å². The Morgan fingerprint density at radius 3 is 2.57 bits per heavy atom. The van der Waals surface area contributed by atoms with Crippen LogP contribution in [0.15, 0.2) is 30.6 Å². The van der Waals surface area contributed by atoms with Gasteiger partial charge < -0.3 is 15.4 Å². The number of nitrogens with zero attached hydrogens (tertiary/aromatic N) is 2. The Morgan fingerprint density at radius 1 is 1.20 bits per heavy atom. The zero-order valence-electron chi connectivity index (χ0n) is 16.5. The average Bonchev–Trinajstić information content (AvgIpc) is 2.65. The highest BCUT2D eigenvalue weighted by atomic mass is 19.4. The first-order chi connectivity index (χ1) is 14.0. The van der Waals surface area contributed by atoms with Crippen molar-refractivity contribution < 1.29 is 32.2 Å². The Balaban J connectivity index is 1.97. The first-order valence-electron chi connectivity index (χ1n) is 8.89. The minimum atomic E-state index is -4.72. The third-order valence-corrected chi connectivity index (χ3v) is 3.84. The maximum Gasteiger partial charge on any atom is 0.522 e. The molecule has 0 saturated heterocycles. The van der Waals surface area contributed by atoms with E-state index in [1.54, 1.807) is 26.0 Å². The van der Waals surface area contributed by atoms with Crippen molar-refractivity contribution in [3.63, 3.8) is 0 Å². The normalized spacial score (nSPS) is 12.2. The van der Waals surface area contributed by atoms with Crippen molar-refractivity contribution in [2.45, 2.75) is 33.2 Å². The zero-order chi connectivity index (χ0) is 22.3. The van der Waals surface area contributed by atoms with E-state index in [1.165, 1.54) is 25.4 Å². The van der Waals surface area contributed by atoms with E-state index in [-0.39, 0.29) is 24.0 Å². The minimum absolute atomic E-state index is 0.120. The van der Waals surface area contributed by atoms with E-state index in [0.717, 1.165) is 5.56 Å². The van der Waals surface area contributed by atoms with Crippen LogP contribution >= 0.6 is 0 Å². The van der Waals surface area contributed by atoms with Crippen molar-refractivity contribution in [3.8, 4) is 5.75 Å². The summed E-state index contributed by atoms with van der Waals surface area (Å²) in [6.07, 6.45) is -1.93. The Hall–Kier alpha value is -3.21. The van der Waals surface area contributed by atoms with Crippen molar-refractivity contribution in [1.82, 2.24) is 15.3 Å². The minimum Gasteiger partial charge on any atom is -0.489 e. The molecule has 2 N–H and O–H groups in total. The molecule has 162 valence electrons. The number of aryl methyl sites for hydroxylation is 1. The molecule has 0 aliphatic rings. The summed E-state index contributed by atoms with van der Waals surface area (Å²) in [5, 5.41) is 5.35. The molecule has 30 heavy (non-hydrogen) atoms. The molecule has 0 radical (unpaired) electrons. The molecule has 2 aromatic heterocycles. The molecular formula is C19H21F3N4O4. The van der Waals surface area contributed by atoms with Gasteiger partial charge in [0.05, 0.1) is 18.8 Å². The molecule has 1 atom stereocenters. The molecule has 1 unspecified atom stereocenters. The van der Waals surface area contributed by atoms with Gasteiger partial charge in [-0.3, -0.25) is 14.3 Å². The van der Waals surface area contributed by atoms with Gasteiger partial charge in [0.2, 0.25) is 5.91 Å². The van der Waals surface area contributed by atoms with E-state index in [1.807, 2.05) is 0 Å². The van der Waals surface area contributed by atoms with Gasteiger partial charge in [-0.1, -0.05) is 0 Å². The Morgan fingerprint density at radius 2 is 1.93 bits per heavy atom. The van der Waals surface area contributed by atoms with Crippen LogP contribution < -0.4 is 15.4 Å². The predicted molar refractivity (Wildman–Crippen MR) is 101 cm³/mol. The van der Waals surface area contributed by atoms with Crippen LogP contribution in [0, 0.1) is 6.92 Å². The molecule has 8 nitrogen and oxygen atoms in total. The standard InChI is InChI=1S/C19H21F3N4O4/c1-11-8-15(24-10-16(11)29-6-7-30-19(20,21)22)18(28)25-12(2)14-4-5-23-17(9-14)26-13(3)27/h4-5,8-10,12H,6-7H2,1-3H3,(H,25,28)(H,23,26,27). The third-order valence-electron chi connectivity index (χ3n) is 3.84. The number of pyridine rings is 2. The summed E-state index contributed by atoms with van der Waals surface area (Å²) >= 11 is 0. The van der Waals surface area contributed by atoms with Crippen molar-refractivity contribution in [1.29, 1.82) is 0 Å². The fourth-order valence-corrected chi connectivity index (χ4v) is 2.45. The maximum atomic E-state index is 12.5. The lowest BCUT2D eigenvalue weighted by atomic mass is 10.1. The van der Waals surface area contributed by atoms with E-state index >= 15 is 0 Å². The van der Waals surface area contributed by atoms with E-state index in [4.69, 9.17) is 4.74 Å². The molecule has 2 heterocycles. The van der Waals surface area contributed by atoms with Crippen molar-refractivity contribution in [2.24, 2.45) is 0 Å². The summed E-state index contributed by atoms with van der Waals surface area (Å²) in [5.41, 5.74) is 1.38. The predicted octanol–water partition coefficient (Wildman–Crippen LogP) is 3.15. The van der Waals surface area contributed by atoms with Gasteiger partial charge in [-0.15, -0.1) is 13.2 Å². The first kappa shape index (κ1) is 23.1. The largest absolute Gasteiger partial charge is 0.522 e.